The molecule has 5 aromatic rings. The maximum atomic E-state index is 14.2. The van der Waals surface area contributed by atoms with Gasteiger partial charge in [-0.05, 0) is 100 Å². The lowest BCUT2D eigenvalue weighted by molar-refractivity contribution is -0.138. The van der Waals surface area contributed by atoms with Gasteiger partial charge >= 0.3 is 5.69 Å². The third kappa shape index (κ3) is 10.0. The molecule has 66 heavy (non-hydrogen) atoms. The van der Waals surface area contributed by atoms with Crippen molar-refractivity contribution in [3.8, 4) is 11.5 Å². The first-order valence-corrected chi connectivity index (χ1v) is 23.1. The van der Waals surface area contributed by atoms with Gasteiger partial charge in [-0.25, -0.2) is 18.6 Å². The Morgan fingerprint density at radius 2 is 1.83 bits per heavy atom. The maximum absolute atomic E-state index is 14.2. The third-order valence-corrected chi connectivity index (χ3v) is 13.6. The molecular weight excluding hydrogens is 855 g/mol. The Bertz CT molecular complexity index is 2660. The molecule has 0 radical (unpaired) electrons. The van der Waals surface area contributed by atoms with Crippen molar-refractivity contribution in [2.75, 3.05) is 45.2 Å². The van der Waals surface area contributed by atoms with Crippen LogP contribution in [0.15, 0.2) is 58.2 Å². The van der Waals surface area contributed by atoms with Gasteiger partial charge in [0.15, 0.2) is 11.4 Å². The van der Waals surface area contributed by atoms with Crippen LogP contribution in [-0.2, 0) is 39.0 Å². The van der Waals surface area contributed by atoms with Gasteiger partial charge in [0.05, 0.1) is 35.5 Å². The minimum atomic E-state index is -2.92. The van der Waals surface area contributed by atoms with E-state index in [0.29, 0.717) is 56.5 Å². The molecule has 4 fully saturated rings. The predicted molar refractivity (Wildman–Crippen MR) is 238 cm³/mol. The fraction of sp³-hybridized carbons (Fsp3) is 0.532. The molecule has 19 heteroatoms. The molecule has 0 spiro atoms. The zero-order valence-electron chi connectivity index (χ0n) is 37.3. The zero-order chi connectivity index (χ0) is 46.1. The molecule has 4 amide bonds. The SMILES string of the molecule is CN(C[C@H]1CN(CCCc2ccc3c(c2)n(C)c(=O)n3C2CCC(=O)NC2=O)CCO1)C(=O)C1CCC(n2cc(NC(=O)c3coc(-c4ccnc(CCC5CC5)c4)n3)c(C(F)F)n2)CC1. The van der Waals surface area contributed by atoms with Gasteiger partial charge in [-0.3, -0.25) is 48.2 Å². The number of amides is 4. The summed E-state index contributed by atoms with van der Waals surface area (Å²) in [4.78, 5) is 77.2. The van der Waals surface area contributed by atoms with E-state index in [-0.39, 0.29) is 65.7 Å². The molecule has 9 rings (SSSR count). The largest absolute Gasteiger partial charge is 0.444 e. The van der Waals surface area contributed by atoms with Crippen LogP contribution in [0.4, 0.5) is 14.5 Å². The summed E-state index contributed by atoms with van der Waals surface area (Å²) >= 11 is 0. The molecule has 2 saturated carbocycles. The average molecular weight is 911 g/mol. The Balaban J connectivity index is 0.734. The summed E-state index contributed by atoms with van der Waals surface area (Å²) in [7, 11) is 3.49. The first-order valence-electron chi connectivity index (χ1n) is 23.1. The van der Waals surface area contributed by atoms with Crippen LogP contribution in [0.25, 0.3) is 22.5 Å². The van der Waals surface area contributed by atoms with Crippen LogP contribution in [0.1, 0.15) is 110 Å². The highest BCUT2D eigenvalue weighted by atomic mass is 19.3. The molecule has 2 atom stereocenters. The number of halogens is 2. The summed E-state index contributed by atoms with van der Waals surface area (Å²) in [5.74, 6) is -0.661. The standard InChI is InChI=1S/C47H56F2N10O7/c1-55(24-34-25-57(20-21-65-34)19-3-4-29-8-14-37-39(22-29)56(2)47(64)59(37)38-15-16-40(60)53-44(38)62)46(63)30-9-12-33(13-10-30)58-26-35(41(54-58)42(48)49)51-43(61)36-27-66-45(52-36)31-17-18-50-32(23-31)11-7-28-5-6-28/h8,14,17-18,22-23,26-28,30,33-34,38,42H,3-7,9-13,15-16,19-21,24-25H2,1-2H3,(H,51,61)(H,53,60,62)/t30?,33?,34-,38?/m0/s1. The Morgan fingerprint density at radius 1 is 1.02 bits per heavy atom. The number of imidazole rings is 1. The number of alkyl halides is 2. The maximum Gasteiger partial charge on any atom is 0.329 e. The molecule has 2 saturated heterocycles. The monoisotopic (exact) mass is 910 g/mol. The molecule has 4 aromatic heterocycles. The Labute approximate surface area is 379 Å². The fourth-order valence-corrected chi connectivity index (χ4v) is 9.74. The molecule has 17 nitrogen and oxygen atoms in total. The summed E-state index contributed by atoms with van der Waals surface area (Å²) < 4.78 is 44.7. The average Bonchev–Trinajstić information content (AvgIpc) is 3.73. The second-order valence-corrected chi connectivity index (χ2v) is 18.3. The number of benzene rings is 1. The van der Waals surface area contributed by atoms with Crippen molar-refractivity contribution in [1.82, 2.24) is 44.0 Å². The number of hydrogen-bond acceptors (Lipinski definition) is 11. The van der Waals surface area contributed by atoms with Gasteiger partial charge < -0.3 is 19.4 Å². The fourth-order valence-electron chi connectivity index (χ4n) is 9.74. The van der Waals surface area contributed by atoms with Crippen LogP contribution in [-0.4, -0.2) is 108 Å². The van der Waals surface area contributed by atoms with E-state index in [1.165, 1.54) is 34.6 Å². The van der Waals surface area contributed by atoms with Gasteiger partial charge in [0.1, 0.15) is 12.3 Å². The molecule has 4 aliphatic rings. The summed E-state index contributed by atoms with van der Waals surface area (Å²) in [6, 6.07) is 8.56. The second kappa shape index (κ2) is 19.4. The predicted octanol–water partition coefficient (Wildman–Crippen LogP) is 5.62. The number of fused-ring (bicyclic) bond motifs is 1. The van der Waals surface area contributed by atoms with Crippen LogP contribution >= 0.6 is 0 Å². The van der Waals surface area contributed by atoms with E-state index < -0.39 is 30.0 Å². The van der Waals surface area contributed by atoms with Gasteiger partial charge in [0.25, 0.3) is 12.3 Å². The lowest BCUT2D eigenvalue weighted by Crippen LogP contribution is -2.49. The molecule has 350 valence electrons. The third-order valence-electron chi connectivity index (χ3n) is 13.6. The minimum absolute atomic E-state index is 0.0281. The molecule has 6 heterocycles. The normalized spacial score (nSPS) is 21.7. The Kier molecular flexibility index (Phi) is 13.3. The number of rotatable bonds is 16. The van der Waals surface area contributed by atoms with E-state index in [1.54, 1.807) is 35.8 Å². The van der Waals surface area contributed by atoms with Crippen molar-refractivity contribution in [3.63, 3.8) is 0 Å². The molecule has 1 unspecified atom stereocenters. The summed E-state index contributed by atoms with van der Waals surface area (Å²) in [5, 5.41) is 9.11. The number of aromatic nitrogens is 6. The number of nitrogens with zero attached hydrogens (tertiary/aromatic N) is 8. The van der Waals surface area contributed by atoms with E-state index in [2.05, 4.69) is 30.6 Å². The van der Waals surface area contributed by atoms with Crippen molar-refractivity contribution in [2.24, 2.45) is 18.9 Å². The van der Waals surface area contributed by atoms with Crippen molar-refractivity contribution < 1.29 is 37.1 Å². The smallest absolute Gasteiger partial charge is 0.329 e. The summed E-state index contributed by atoms with van der Waals surface area (Å²) in [5.41, 5.74) is 3.10. The lowest BCUT2D eigenvalue weighted by Gasteiger charge is -2.36. The van der Waals surface area contributed by atoms with E-state index in [9.17, 15) is 32.8 Å². The number of likely N-dealkylation sites (N-methyl/N-ethyl adjacent to an activating group) is 1. The molecule has 2 N–H and O–H groups in total. The molecule has 1 aromatic carbocycles. The van der Waals surface area contributed by atoms with Gasteiger partial charge in [-0.1, -0.05) is 18.9 Å². The van der Waals surface area contributed by atoms with Crippen LogP contribution < -0.4 is 16.3 Å². The zero-order valence-corrected chi connectivity index (χ0v) is 37.3. The van der Waals surface area contributed by atoms with E-state index >= 15 is 0 Å². The highest BCUT2D eigenvalue weighted by Crippen LogP contribution is 2.36. The number of anilines is 1. The lowest BCUT2D eigenvalue weighted by atomic mass is 9.85. The highest BCUT2D eigenvalue weighted by molar-refractivity contribution is 6.03. The van der Waals surface area contributed by atoms with Gasteiger partial charge in [0.2, 0.25) is 23.6 Å². The van der Waals surface area contributed by atoms with E-state index in [0.717, 1.165) is 61.5 Å². The number of hydrogen-bond donors (Lipinski definition) is 2. The van der Waals surface area contributed by atoms with Gasteiger partial charge in [-0.15, -0.1) is 0 Å². The second-order valence-electron chi connectivity index (χ2n) is 18.3. The number of piperidine rings is 1. The molecule has 0 bridgehead atoms. The summed E-state index contributed by atoms with van der Waals surface area (Å²) in [6.07, 6.45) is 10.1. The first kappa shape index (κ1) is 45.1. The van der Waals surface area contributed by atoms with Crippen molar-refractivity contribution in [3.05, 3.63) is 82.1 Å². The number of aryl methyl sites for hydroxylation is 3. The van der Waals surface area contributed by atoms with Crippen LogP contribution in [0.3, 0.4) is 0 Å². The van der Waals surface area contributed by atoms with Crippen molar-refractivity contribution >= 4 is 40.3 Å². The number of nitrogens with one attached hydrogen (secondary N) is 2. The molecule has 2 aliphatic heterocycles. The van der Waals surface area contributed by atoms with E-state index in [4.69, 9.17) is 9.15 Å². The molecular formula is C47H56F2N10O7. The number of carbonyl (C=O) groups is 4. The molecule has 2 aliphatic carbocycles. The number of ether oxygens (including phenoxy) is 1. The number of pyridine rings is 1. The first-order chi connectivity index (χ1) is 31.9. The van der Waals surface area contributed by atoms with E-state index in [1.807, 2.05) is 24.3 Å². The Hall–Kier alpha value is -6.08. The van der Waals surface area contributed by atoms with Crippen LogP contribution in [0.2, 0.25) is 0 Å². The van der Waals surface area contributed by atoms with Crippen molar-refractivity contribution in [1.29, 1.82) is 0 Å². The van der Waals surface area contributed by atoms with Crippen molar-refractivity contribution in [2.45, 2.75) is 102 Å². The highest BCUT2D eigenvalue weighted by Gasteiger charge is 2.34. The van der Waals surface area contributed by atoms with Crippen LogP contribution in [0.5, 0.6) is 0 Å². The van der Waals surface area contributed by atoms with Gasteiger partial charge in [-0.2, -0.15) is 5.10 Å². The number of morpholine rings is 1. The van der Waals surface area contributed by atoms with Gasteiger partial charge in [0, 0.05) is 69.7 Å². The topological polar surface area (TPSA) is 192 Å². The Morgan fingerprint density at radius 3 is 2.61 bits per heavy atom. The number of carbonyl (C=O) groups excluding carboxylic acids is 4. The number of oxazole rings is 1. The number of imide groups is 1. The summed E-state index contributed by atoms with van der Waals surface area (Å²) in [6.45, 7) is 3.29. The van der Waals surface area contributed by atoms with Crippen LogP contribution in [0, 0.1) is 11.8 Å². The minimum Gasteiger partial charge on any atom is -0.444 e. The quantitative estimate of drug-likeness (QED) is 0.117.